The van der Waals surface area contributed by atoms with Gasteiger partial charge in [-0.2, -0.15) is 0 Å². The summed E-state index contributed by atoms with van der Waals surface area (Å²) in [6.45, 7) is 7.15. The summed E-state index contributed by atoms with van der Waals surface area (Å²) < 4.78 is 0. The molecule has 1 aromatic heterocycles. The van der Waals surface area contributed by atoms with E-state index in [0.29, 0.717) is 11.3 Å². The van der Waals surface area contributed by atoms with E-state index in [0.717, 1.165) is 11.6 Å². The first-order chi connectivity index (χ1) is 10.0. The van der Waals surface area contributed by atoms with Gasteiger partial charge in [-0.1, -0.05) is 51.1 Å². The summed E-state index contributed by atoms with van der Waals surface area (Å²) in [5.74, 6) is 1.56. The molecule has 2 heteroatoms. The van der Waals surface area contributed by atoms with Crippen molar-refractivity contribution in [2.75, 3.05) is 0 Å². The molecule has 2 aromatic rings. The van der Waals surface area contributed by atoms with Crippen molar-refractivity contribution in [2.45, 2.75) is 52.4 Å². The van der Waals surface area contributed by atoms with Gasteiger partial charge in [0.25, 0.3) is 0 Å². The molecule has 21 heavy (non-hydrogen) atoms. The third-order valence-electron chi connectivity index (χ3n) is 4.89. The standard InChI is InChI=1S/C19H25NS/c1-19(2,3)16-11-9-15(10-12-16)18-20-17(13-21-18)14-7-5-4-6-8-14/h4-8,13,15-16H,9-12H2,1-3H3. The molecule has 1 fully saturated rings. The SMILES string of the molecule is CC(C)(C)C1CCC(c2nc(-c3ccccc3)cs2)CC1. The normalized spacial score (nSPS) is 23.2. The van der Waals surface area contributed by atoms with Gasteiger partial charge in [-0.05, 0) is 37.0 Å². The van der Waals surface area contributed by atoms with Crippen molar-refractivity contribution >= 4 is 11.3 Å². The lowest BCUT2D eigenvalue weighted by Crippen LogP contribution is -2.25. The number of hydrogen-bond donors (Lipinski definition) is 0. The van der Waals surface area contributed by atoms with E-state index in [4.69, 9.17) is 4.98 Å². The minimum absolute atomic E-state index is 0.461. The number of hydrogen-bond acceptors (Lipinski definition) is 2. The largest absolute Gasteiger partial charge is 0.241 e. The van der Waals surface area contributed by atoms with Crippen molar-refractivity contribution < 1.29 is 0 Å². The fraction of sp³-hybridized carbons (Fsp3) is 0.526. The van der Waals surface area contributed by atoms with Crippen LogP contribution in [0, 0.1) is 11.3 Å². The average Bonchev–Trinajstić information content (AvgIpc) is 2.97. The molecule has 0 spiro atoms. The fourth-order valence-corrected chi connectivity index (χ4v) is 4.42. The Hall–Kier alpha value is -1.15. The van der Waals surface area contributed by atoms with Gasteiger partial charge >= 0.3 is 0 Å². The zero-order valence-electron chi connectivity index (χ0n) is 13.3. The molecule has 1 aromatic carbocycles. The van der Waals surface area contributed by atoms with Crippen molar-refractivity contribution in [1.82, 2.24) is 4.98 Å². The molecular formula is C19H25NS. The number of benzene rings is 1. The Bertz CT molecular complexity index is 571. The van der Waals surface area contributed by atoms with Crippen molar-refractivity contribution in [1.29, 1.82) is 0 Å². The lowest BCUT2D eigenvalue weighted by molar-refractivity contribution is 0.169. The summed E-state index contributed by atoms with van der Waals surface area (Å²) in [4.78, 5) is 4.91. The molecule has 0 bridgehead atoms. The van der Waals surface area contributed by atoms with Gasteiger partial charge in [0.1, 0.15) is 0 Å². The van der Waals surface area contributed by atoms with Crippen LogP contribution in [0.25, 0.3) is 11.3 Å². The Morgan fingerprint density at radius 3 is 2.29 bits per heavy atom. The summed E-state index contributed by atoms with van der Waals surface area (Å²) >= 11 is 1.85. The van der Waals surface area contributed by atoms with Gasteiger partial charge in [-0.25, -0.2) is 4.98 Å². The van der Waals surface area contributed by atoms with Crippen molar-refractivity contribution in [3.63, 3.8) is 0 Å². The second-order valence-electron chi connectivity index (χ2n) is 7.35. The van der Waals surface area contributed by atoms with E-state index in [-0.39, 0.29) is 0 Å². The Morgan fingerprint density at radius 2 is 1.67 bits per heavy atom. The Labute approximate surface area is 132 Å². The highest BCUT2D eigenvalue weighted by molar-refractivity contribution is 7.10. The Morgan fingerprint density at radius 1 is 1.00 bits per heavy atom. The maximum Gasteiger partial charge on any atom is 0.0963 e. The average molecular weight is 299 g/mol. The maximum atomic E-state index is 4.91. The van der Waals surface area contributed by atoms with Crippen LogP contribution in [0.15, 0.2) is 35.7 Å². The zero-order valence-corrected chi connectivity index (χ0v) is 14.1. The van der Waals surface area contributed by atoms with Gasteiger partial charge in [0.2, 0.25) is 0 Å². The Kier molecular flexibility index (Phi) is 4.17. The first kappa shape index (κ1) is 14.8. The number of thiazole rings is 1. The van der Waals surface area contributed by atoms with E-state index >= 15 is 0 Å². The number of aromatic nitrogens is 1. The quantitative estimate of drug-likeness (QED) is 0.650. The molecule has 0 aliphatic heterocycles. The molecule has 1 nitrogen and oxygen atoms in total. The first-order valence-electron chi connectivity index (χ1n) is 8.05. The monoisotopic (exact) mass is 299 g/mol. The zero-order chi connectivity index (χ0) is 14.9. The summed E-state index contributed by atoms with van der Waals surface area (Å²) in [6, 6.07) is 10.5. The highest BCUT2D eigenvalue weighted by atomic mass is 32.1. The van der Waals surface area contributed by atoms with E-state index < -0.39 is 0 Å². The molecule has 1 saturated carbocycles. The van der Waals surface area contributed by atoms with E-state index in [1.165, 1.54) is 36.3 Å². The highest BCUT2D eigenvalue weighted by Gasteiger charge is 2.31. The smallest absolute Gasteiger partial charge is 0.0963 e. The van der Waals surface area contributed by atoms with Crippen LogP contribution in [0.3, 0.4) is 0 Å². The van der Waals surface area contributed by atoms with Crippen LogP contribution in [0.4, 0.5) is 0 Å². The summed E-state index contributed by atoms with van der Waals surface area (Å²) in [7, 11) is 0. The van der Waals surface area contributed by atoms with Crippen LogP contribution < -0.4 is 0 Å². The van der Waals surface area contributed by atoms with Gasteiger partial charge in [0.15, 0.2) is 0 Å². The molecule has 1 heterocycles. The van der Waals surface area contributed by atoms with Gasteiger partial charge < -0.3 is 0 Å². The molecule has 0 amide bonds. The van der Waals surface area contributed by atoms with Crippen LogP contribution in [-0.2, 0) is 0 Å². The first-order valence-corrected chi connectivity index (χ1v) is 8.93. The number of nitrogens with zero attached hydrogens (tertiary/aromatic N) is 1. The molecule has 0 atom stereocenters. The minimum atomic E-state index is 0.461. The molecule has 0 radical (unpaired) electrons. The topological polar surface area (TPSA) is 12.9 Å². The molecule has 112 valence electrons. The van der Waals surface area contributed by atoms with Gasteiger partial charge in [-0.3, -0.25) is 0 Å². The summed E-state index contributed by atoms with van der Waals surface area (Å²) in [6.07, 6.45) is 5.33. The number of rotatable bonds is 2. The second kappa shape index (κ2) is 5.92. The molecule has 0 N–H and O–H groups in total. The van der Waals surface area contributed by atoms with Crippen LogP contribution in [0.5, 0.6) is 0 Å². The van der Waals surface area contributed by atoms with Gasteiger partial charge in [-0.15, -0.1) is 11.3 Å². The molecule has 1 aliphatic rings. The van der Waals surface area contributed by atoms with Crippen molar-refractivity contribution in [3.8, 4) is 11.3 Å². The predicted molar refractivity (Wildman–Crippen MR) is 91.7 cm³/mol. The maximum absolute atomic E-state index is 4.91. The van der Waals surface area contributed by atoms with Gasteiger partial charge in [0.05, 0.1) is 10.7 Å². The second-order valence-corrected chi connectivity index (χ2v) is 8.24. The van der Waals surface area contributed by atoms with Crippen molar-refractivity contribution in [3.05, 3.63) is 40.7 Å². The lowest BCUT2D eigenvalue weighted by atomic mass is 9.70. The van der Waals surface area contributed by atoms with Crippen LogP contribution >= 0.6 is 11.3 Å². The van der Waals surface area contributed by atoms with Crippen LogP contribution in [0.1, 0.15) is 57.4 Å². The van der Waals surface area contributed by atoms with E-state index in [2.05, 4.69) is 56.5 Å². The molecule has 3 rings (SSSR count). The van der Waals surface area contributed by atoms with Crippen LogP contribution in [-0.4, -0.2) is 4.98 Å². The van der Waals surface area contributed by atoms with Crippen LogP contribution in [0.2, 0.25) is 0 Å². The third kappa shape index (κ3) is 3.37. The van der Waals surface area contributed by atoms with Gasteiger partial charge in [0, 0.05) is 16.9 Å². The Balaban J connectivity index is 1.68. The summed E-state index contributed by atoms with van der Waals surface area (Å²) in [5, 5.41) is 3.57. The third-order valence-corrected chi connectivity index (χ3v) is 5.90. The summed E-state index contributed by atoms with van der Waals surface area (Å²) in [5.41, 5.74) is 2.85. The van der Waals surface area contributed by atoms with E-state index in [9.17, 15) is 0 Å². The fourth-order valence-electron chi connectivity index (χ4n) is 3.42. The lowest BCUT2D eigenvalue weighted by Gasteiger charge is -2.36. The molecule has 0 unspecified atom stereocenters. The van der Waals surface area contributed by atoms with E-state index in [1.807, 2.05) is 11.3 Å². The van der Waals surface area contributed by atoms with E-state index in [1.54, 1.807) is 0 Å². The van der Waals surface area contributed by atoms with Crippen molar-refractivity contribution in [2.24, 2.45) is 11.3 Å². The minimum Gasteiger partial charge on any atom is -0.241 e. The predicted octanol–water partition coefficient (Wildman–Crippen LogP) is 6.13. The highest BCUT2D eigenvalue weighted by Crippen LogP contribution is 2.44. The molecule has 1 aliphatic carbocycles. The molecule has 0 saturated heterocycles. The molecular weight excluding hydrogens is 274 g/mol.